The highest BCUT2D eigenvalue weighted by Crippen LogP contribution is 2.41. The Bertz CT molecular complexity index is 1150. The van der Waals surface area contributed by atoms with Crippen LogP contribution in [0.15, 0.2) is 47.6 Å². The number of aromatic nitrogens is 3. The van der Waals surface area contributed by atoms with E-state index in [9.17, 15) is 9.18 Å². The zero-order chi connectivity index (χ0) is 22.1. The van der Waals surface area contributed by atoms with Crippen molar-refractivity contribution in [2.45, 2.75) is 37.0 Å². The fourth-order valence-corrected chi connectivity index (χ4v) is 4.51. The molecule has 1 aliphatic carbocycles. The molecule has 166 valence electrons. The standard InChI is InChI=1S/C23H23FN4O3S/c1-14(15-6-9-19-20(12-15)31-11-10-30-19)25-21(29)13-32-23-27-26-22(28(23)16-7-8-16)17-4-2-3-5-18(17)24/h2-6,9,12,14,16H,7-8,10-11,13H2,1H3,(H,25,29)/t14-/m1/s1. The molecular weight excluding hydrogens is 431 g/mol. The van der Waals surface area contributed by atoms with E-state index in [0.717, 1.165) is 24.2 Å². The highest BCUT2D eigenvalue weighted by atomic mass is 32.2. The lowest BCUT2D eigenvalue weighted by molar-refractivity contribution is -0.119. The van der Waals surface area contributed by atoms with Crippen LogP contribution in [0.25, 0.3) is 11.4 Å². The van der Waals surface area contributed by atoms with Gasteiger partial charge in [-0.05, 0) is 49.6 Å². The van der Waals surface area contributed by atoms with Gasteiger partial charge in [-0.25, -0.2) is 4.39 Å². The Labute approximate surface area is 189 Å². The molecule has 1 aromatic heterocycles. The monoisotopic (exact) mass is 454 g/mol. The Hall–Kier alpha value is -3.07. The summed E-state index contributed by atoms with van der Waals surface area (Å²) in [7, 11) is 0. The molecule has 0 unspecified atom stereocenters. The number of halogens is 1. The maximum absolute atomic E-state index is 14.3. The van der Waals surface area contributed by atoms with Crippen LogP contribution in [0, 0.1) is 5.82 Å². The number of hydrogen-bond acceptors (Lipinski definition) is 6. The quantitative estimate of drug-likeness (QED) is 0.540. The Morgan fingerprint density at radius 3 is 2.75 bits per heavy atom. The van der Waals surface area contributed by atoms with Crippen LogP contribution < -0.4 is 14.8 Å². The molecule has 1 N–H and O–H groups in total. The van der Waals surface area contributed by atoms with Crippen molar-refractivity contribution in [3.63, 3.8) is 0 Å². The first-order valence-corrected chi connectivity index (χ1v) is 11.6. The van der Waals surface area contributed by atoms with Gasteiger partial charge >= 0.3 is 0 Å². The van der Waals surface area contributed by atoms with Crippen LogP contribution >= 0.6 is 11.8 Å². The van der Waals surface area contributed by atoms with Crippen LogP contribution in [0.2, 0.25) is 0 Å². The molecule has 2 aromatic carbocycles. The predicted octanol–water partition coefficient (Wildman–Crippen LogP) is 4.16. The topological polar surface area (TPSA) is 78.3 Å². The average Bonchev–Trinajstić information content (AvgIpc) is 3.56. The molecular formula is C23H23FN4O3S. The van der Waals surface area contributed by atoms with Gasteiger partial charge in [0.2, 0.25) is 5.91 Å². The predicted molar refractivity (Wildman–Crippen MR) is 118 cm³/mol. The number of hydrogen-bond donors (Lipinski definition) is 1. The number of nitrogens with one attached hydrogen (secondary N) is 1. The summed E-state index contributed by atoms with van der Waals surface area (Å²) in [6, 6.07) is 12.3. The number of rotatable bonds is 7. The minimum atomic E-state index is -0.329. The molecule has 7 nitrogen and oxygen atoms in total. The first-order valence-electron chi connectivity index (χ1n) is 10.6. The van der Waals surface area contributed by atoms with Gasteiger partial charge in [0, 0.05) is 6.04 Å². The summed E-state index contributed by atoms with van der Waals surface area (Å²) >= 11 is 1.32. The van der Waals surface area contributed by atoms with Crippen LogP contribution in [-0.2, 0) is 4.79 Å². The van der Waals surface area contributed by atoms with Crippen LogP contribution in [0.1, 0.15) is 37.4 Å². The Balaban J connectivity index is 1.25. The second-order valence-electron chi connectivity index (χ2n) is 7.87. The van der Waals surface area contributed by atoms with Crippen LogP contribution in [0.5, 0.6) is 11.5 Å². The van der Waals surface area contributed by atoms with Crippen molar-refractivity contribution < 1.29 is 18.7 Å². The molecule has 0 radical (unpaired) electrons. The third-order valence-corrected chi connectivity index (χ3v) is 6.41. The number of ether oxygens (including phenoxy) is 2. The summed E-state index contributed by atoms with van der Waals surface area (Å²) in [5, 5.41) is 12.1. The van der Waals surface area contributed by atoms with Crippen molar-refractivity contribution in [2.75, 3.05) is 19.0 Å². The number of carbonyl (C=O) groups is 1. The van der Waals surface area contributed by atoms with Crippen molar-refractivity contribution >= 4 is 17.7 Å². The summed E-state index contributed by atoms with van der Waals surface area (Å²) in [4.78, 5) is 12.6. The van der Waals surface area contributed by atoms with Gasteiger partial charge in [0.05, 0.1) is 17.4 Å². The van der Waals surface area contributed by atoms with Gasteiger partial charge < -0.3 is 14.8 Å². The fourth-order valence-electron chi connectivity index (χ4n) is 3.69. The normalized spacial score (nSPS) is 15.9. The number of nitrogens with zero attached hydrogens (tertiary/aromatic N) is 3. The number of amides is 1. The molecule has 32 heavy (non-hydrogen) atoms. The molecule has 1 amide bonds. The maximum Gasteiger partial charge on any atom is 0.230 e. The lowest BCUT2D eigenvalue weighted by Crippen LogP contribution is -2.28. The maximum atomic E-state index is 14.3. The van der Waals surface area contributed by atoms with E-state index in [1.165, 1.54) is 17.8 Å². The van der Waals surface area contributed by atoms with E-state index >= 15 is 0 Å². The molecule has 1 aliphatic heterocycles. The van der Waals surface area contributed by atoms with Crippen LogP contribution in [-0.4, -0.2) is 39.6 Å². The molecule has 0 bridgehead atoms. The van der Waals surface area contributed by atoms with Crippen LogP contribution in [0.4, 0.5) is 4.39 Å². The number of carbonyl (C=O) groups excluding carboxylic acids is 1. The number of fused-ring (bicyclic) bond motifs is 1. The third kappa shape index (κ3) is 4.29. The molecule has 9 heteroatoms. The molecule has 2 aliphatic rings. The van der Waals surface area contributed by atoms with E-state index in [1.807, 2.05) is 29.7 Å². The van der Waals surface area contributed by atoms with Gasteiger partial charge in [-0.15, -0.1) is 10.2 Å². The van der Waals surface area contributed by atoms with Crippen molar-refractivity contribution in [1.82, 2.24) is 20.1 Å². The van der Waals surface area contributed by atoms with E-state index in [4.69, 9.17) is 9.47 Å². The first-order chi connectivity index (χ1) is 15.6. The second-order valence-corrected chi connectivity index (χ2v) is 8.81. The average molecular weight is 455 g/mol. The van der Waals surface area contributed by atoms with Gasteiger partial charge in [-0.1, -0.05) is 30.0 Å². The van der Waals surface area contributed by atoms with E-state index in [0.29, 0.717) is 35.5 Å². The van der Waals surface area contributed by atoms with Crippen molar-refractivity contribution in [3.05, 3.63) is 53.8 Å². The summed E-state index contributed by atoms with van der Waals surface area (Å²) in [5.74, 6) is 1.68. The van der Waals surface area contributed by atoms with Crippen molar-refractivity contribution in [2.24, 2.45) is 0 Å². The Morgan fingerprint density at radius 2 is 1.97 bits per heavy atom. The smallest absolute Gasteiger partial charge is 0.230 e. The molecule has 5 rings (SSSR count). The minimum absolute atomic E-state index is 0.116. The summed E-state index contributed by atoms with van der Waals surface area (Å²) < 4.78 is 27.4. The fraction of sp³-hybridized carbons (Fsp3) is 0.348. The zero-order valence-corrected chi connectivity index (χ0v) is 18.4. The van der Waals surface area contributed by atoms with Gasteiger partial charge in [-0.3, -0.25) is 9.36 Å². The largest absolute Gasteiger partial charge is 0.486 e. The number of benzene rings is 2. The summed E-state index contributed by atoms with van der Waals surface area (Å²) in [5.41, 5.74) is 1.37. The molecule has 1 atom stereocenters. The highest BCUT2D eigenvalue weighted by molar-refractivity contribution is 7.99. The Morgan fingerprint density at radius 1 is 1.19 bits per heavy atom. The molecule has 2 heterocycles. The summed E-state index contributed by atoms with van der Waals surface area (Å²) in [6.45, 7) is 2.99. The molecule has 1 fully saturated rings. The highest BCUT2D eigenvalue weighted by Gasteiger charge is 2.31. The van der Waals surface area contributed by atoms with Gasteiger partial charge in [0.1, 0.15) is 19.0 Å². The van der Waals surface area contributed by atoms with E-state index < -0.39 is 0 Å². The lowest BCUT2D eigenvalue weighted by atomic mass is 10.1. The number of thioether (sulfide) groups is 1. The first kappa shape index (κ1) is 20.8. The zero-order valence-electron chi connectivity index (χ0n) is 17.6. The van der Waals surface area contributed by atoms with E-state index in [-0.39, 0.29) is 29.6 Å². The van der Waals surface area contributed by atoms with Crippen molar-refractivity contribution in [1.29, 1.82) is 0 Å². The molecule has 3 aromatic rings. The molecule has 1 saturated carbocycles. The lowest BCUT2D eigenvalue weighted by Gasteiger charge is -2.21. The van der Waals surface area contributed by atoms with Crippen LogP contribution in [0.3, 0.4) is 0 Å². The van der Waals surface area contributed by atoms with Gasteiger partial charge in [0.15, 0.2) is 22.5 Å². The molecule has 0 saturated heterocycles. The van der Waals surface area contributed by atoms with Crippen molar-refractivity contribution in [3.8, 4) is 22.9 Å². The minimum Gasteiger partial charge on any atom is -0.486 e. The van der Waals surface area contributed by atoms with E-state index in [2.05, 4.69) is 15.5 Å². The van der Waals surface area contributed by atoms with Gasteiger partial charge in [-0.2, -0.15) is 0 Å². The second kappa shape index (κ2) is 8.82. The van der Waals surface area contributed by atoms with Gasteiger partial charge in [0.25, 0.3) is 0 Å². The summed E-state index contributed by atoms with van der Waals surface area (Å²) in [6.07, 6.45) is 2.00. The third-order valence-electron chi connectivity index (χ3n) is 5.47. The Kier molecular flexibility index (Phi) is 5.73. The molecule has 0 spiro atoms. The van der Waals surface area contributed by atoms with E-state index in [1.54, 1.807) is 18.2 Å². The SMILES string of the molecule is C[C@@H](NC(=O)CSc1nnc(-c2ccccc2F)n1C1CC1)c1ccc2c(c1)OCCO2.